The molecule has 2 radical (unpaired) electrons. The second-order valence-electron chi connectivity index (χ2n) is 1.41. The van der Waals surface area contributed by atoms with E-state index in [-0.39, 0.29) is 7.43 Å². The third-order valence-electron chi connectivity index (χ3n) is 0.800. The average molecular weight is 213 g/mol. The fourth-order valence-electron chi connectivity index (χ4n) is 0.453. The molecule has 0 aliphatic rings. The van der Waals surface area contributed by atoms with Gasteiger partial charge in [-0.3, -0.25) is 0 Å². The van der Waals surface area contributed by atoms with Crippen molar-refractivity contribution >= 4 is 26.1 Å². The molecule has 0 spiro atoms. The average Bonchev–Trinajstić information content (AvgIpc) is 1.69. The molecule has 0 bridgehead atoms. The summed E-state index contributed by atoms with van der Waals surface area (Å²) in [4.78, 5) is 0. The van der Waals surface area contributed by atoms with E-state index in [2.05, 4.69) is 24.3 Å². The monoisotopic (exact) mass is 214 g/mol. The Kier molecular flexibility index (Phi) is 3.96. The first kappa shape index (κ1) is 8.02. The van der Waals surface area contributed by atoms with Gasteiger partial charge in [-0.25, -0.2) is 0 Å². The van der Waals surface area contributed by atoms with E-state index in [9.17, 15) is 0 Å². The predicted octanol–water partition coefficient (Wildman–Crippen LogP) is 0.849. The molecule has 42 valence electrons. The summed E-state index contributed by atoms with van der Waals surface area (Å²) in [5.41, 5.74) is 0. The van der Waals surface area contributed by atoms with E-state index in [4.69, 9.17) is 0 Å². The summed E-state index contributed by atoms with van der Waals surface area (Å²) in [5, 5.41) is 0. The van der Waals surface area contributed by atoms with Crippen molar-refractivity contribution < 1.29 is 0 Å². The van der Waals surface area contributed by atoms with Crippen LogP contribution in [0.4, 0.5) is 0 Å². The van der Waals surface area contributed by atoms with Crippen molar-refractivity contribution in [3.8, 4) is 0 Å². The van der Waals surface area contributed by atoms with Crippen LogP contribution < -0.4 is 3.58 Å². The standard InChI is InChI=1S/C6H5.CH4.Sn.H/c1-2-4-6-5-3-1;;;/h1-5H;1H4;;. The maximum atomic E-state index is 2.14. The summed E-state index contributed by atoms with van der Waals surface area (Å²) in [7, 11) is 0. The fourth-order valence-corrected chi connectivity index (χ4v) is 1.09. The molecule has 0 amide bonds. The van der Waals surface area contributed by atoms with Gasteiger partial charge in [0.15, 0.2) is 0 Å². The van der Waals surface area contributed by atoms with E-state index in [1.807, 2.05) is 6.07 Å². The normalized spacial score (nSPS) is 7.62. The third kappa shape index (κ3) is 2.36. The van der Waals surface area contributed by atoms with Gasteiger partial charge in [-0.2, -0.15) is 0 Å². The number of rotatable bonds is 0. The van der Waals surface area contributed by atoms with Crippen LogP contribution in [0, 0.1) is 0 Å². The number of hydrogen-bond donors (Lipinski definition) is 0. The SMILES string of the molecule is C.[SnH][c]1ccccc1. The Bertz CT molecular complexity index is 134. The van der Waals surface area contributed by atoms with Crippen LogP contribution in [0.2, 0.25) is 0 Å². The van der Waals surface area contributed by atoms with Gasteiger partial charge < -0.3 is 0 Å². The Morgan fingerprint density at radius 2 is 1.50 bits per heavy atom. The van der Waals surface area contributed by atoms with Crippen molar-refractivity contribution in [2.24, 2.45) is 0 Å². The molecular weight excluding hydrogens is 203 g/mol. The zero-order valence-electron chi connectivity index (χ0n) is 3.96. The van der Waals surface area contributed by atoms with Crippen molar-refractivity contribution in [3.05, 3.63) is 30.3 Å². The van der Waals surface area contributed by atoms with Crippen molar-refractivity contribution in [3.63, 3.8) is 0 Å². The van der Waals surface area contributed by atoms with E-state index >= 15 is 0 Å². The van der Waals surface area contributed by atoms with Crippen molar-refractivity contribution in [2.45, 2.75) is 7.43 Å². The summed E-state index contributed by atoms with van der Waals surface area (Å²) in [5.74, 6) is 0. The van der Waals surface area contributed by atoms with Gasteiger partial charge in [-0.1, -0.05) is 7.43 Å². The van der Waals surface area contributed by atoms with E-state index in [1.54, 1.807) is 0 Å². The molecule has 0 saturated carbocycles. The van der Waals surface area contributed by atoms with Crippen molar-refractivity contribution in [2.75, 3.05) is 0 Å². The van der Waals surface area contributed by atoms with Gasteiger partial charge >= 0.3 is 56.4 Å². The Hall–Kier alpha value is 0.0187. The van der Waals surface area contributed by atoms with E-state index in [0.29, 0.717) is 0 Å². The van der Waals surface area contributed by atoms with Gasteiger partial charge in [0.2, 0.25) is 0 Å². The van der Waals surface area contributed by atoms with Crippen LogP contribution in [-0.2, 0) is 0 Å². The minimum absolute atomic E-state index is 0. The first-order chi connectivity index (χ1) is 3.39. The van der Waals surface area contributed by atoms with Crippen LogP contribution in [0.1, 0.15) is 7.43 Å². The summed E-state index contributed by atoms with van der Waals surface area (Å²) in [6.07, 6.45) is 0. The molecule has 0 aliphatic heterocycles. The molecule has 1 aromatic carbocycles. The topological polar surface area (TPSA) is 0 Å². The Morgan fingerprint density at radius 3 is 1.75 bits per heavy atom. The van der Waals surface area contributed by atoms with Crippen LogP contribution in [0.5, 0.6) is 0 Å². The van der Waals surface area contributed by atoms with Gasteiger partial charge in [0.1, 0.15) is 0 Å². The molecule has 1 heteroatoms. The van der Waals surface area contributed by atoms with E-state index in [1.165, 1.54) is 26.1 Å². The second kappa shape index (κ2) is 3.95. The zero-order valence-corrected chi connectivity index (χ0v) is 7.26. The van der Waals surface area contributed by atoms with Crippen LogP contribution in [0.3, 0.4) is 0 Å². The Balaban J connectivity index is 0.000000490. The van der Waals surface area contributed by atoms with Gasteiger partial charge in [-0.15, -0.1) is 0 Å². The molecule has 1 rings (SSSR count). The van der Waals surface area contributed by atoms with Crippen molar-refractivity contribution in [1.29, 1.82) is 0 Å². The van der Waals surface area contributed by atoms with Gasteiger partial charge in [-0.05, 0) is 0 Å². The van der Waals surface area contributed by atoms with Crippen LogP contribution in [0.15, 0.2) is 30.3 Å². The Labute approximate surface area is 64.0 Å². The zero-order chi connectivity index (χ0) is 5.11. The molecule has 0 aliphatic carbocycles. The quantitative estimate of drug-likeness (QED) is 0.560. The van der Waals surface area contributed by atoms with Crippen LogP contribution in [0.25, 0.3) is 0 Å². The molecule has 0 atom stereocenters. The first-order valence-corrected chi connectivity index (χ1v) is 3.85. The van der Waals surface area contributed by atoms with E-state index in [0.717, 1.165) is 0 Å². The van der Waals surface area contributed by atoms with Gasteiger partial charge in [0.05, 0.1) is 0 Å². The molecule has 0 N–H and O–H groups in total. The molecule has 0 aromatic heterocycles. The second-order valence-corrected chi connectivity index (χ2v) is 3.31. The summed E-state index contributed by atoms with van der Waals surface area (Å²) < 4.78 is 1.45. The van der Waals surface area contributed by atoms with E-state index < -0.39 is 0 Å². The summed E-state index contributed by atoms with van der Waals surface area (Å²) in [6, 6.07) is 10.5. The van der Waals surface area contributed by atoms with Gasteiger partial charge in [0.25, 0.3) is 0 Å². The summed E-state index contributed by atoms with van der Waals surface area (Å²) in [6.45, 7) is 0. The molecule has 0 heterocycles. The van der Waals surface area contributed by atoms with Crippen LogP contribution >= 0.6 is 0 Å². The molecule has 0 nitrogen and oxygen atoms in total. The number of hydrogen-bond acceptors (Lipinski definition) is 0. The molecule has 0 saturated heterocycles. The maximum absolute atomic E-state index is 2.14. The third-order valence-corrected chi connectivity index (χ3v) is 1.90. The predicted molar refractivity (Wildman–Crippen MR) is 40.0 cm³/mol. The molecule has 1 aromatic rings. The Morgan fingerprint density at radius 1 is 1.00 bits per heavy atom. The number of benzene rings is 1. The fraction of sp³-hybridized carbons (Fsp3) is 0.143. The first-order valence-electron chi connectivity index (χ1n) is 2.20. The van der Waals surface area contributed by atoms with Crippen molar-refractivity contribution in [1.82, 2.24) is 0 Å². The summed E-state index contributed by atoms with van der Waals surface area (Å²) >= 11 is 1.23. The molecule has 0 fully saturated rings. The molecule has 0 unspecified atom stereocenters. The van der Waals surface area contributed by atoms with Gasteiger partial charge in [0, 0.05) is 0 Å². The minimum atomic E-state index is 0. The molecule has 8 heavy (non-hydrogen) atoms. The van der Waals surface area contributed by atoms with Crippen LogP contribution in [-0.4, -0.2) is 22.5 Å². The molecular formula is C7H10Sn.